The molecule has 0 unspecified atom stereocenters. The maximum absolute atomic E-state index is 11.0. The molecule has 0 aromatic heterocycles. The Labute approximate surface area is 124 Å². The van der Waals surface area contributed by atoms with Gasteiger partial charge in [-0.1, -0.05) is 18.2 Å². The van der Waals surface area contributed by atoms with Crippen molar-refractivity contribution >= 4 is 10.1 Å². The van der Waals surface area contributed by atoms with E-state index in [1.165, 1.54) is 0 Å². The first-order chi connectivity index (χ1) is 9.96. The summed E-state index contributed by atoms with van der Waals surface area (Å²) in [6.45, 7) is 0.521. The second-order valence-corrected chi connectivity index (χ2v) is 6.19. The average molecular weight is 314 g/mol. The lowest BCUT2D eigenvalue weighted by Crippen LogP contribution is -2.29. The summed E-state index contributed by atoms with van der Waals surface area (Å²) in [6, 6.07) is 7.51. The maximum atomic E-state index is 11.0. The molecule has 2 atom stereocenters. The molecule has 1 aromatic carbocycles. The van der Waals surface area contributed by atoms with E-state index in [-0.39, 0.29) is 6.61 Å². The molecular weight excluding hydrogens is 296 g/mol. The van der Waals surface area contributed by atoms with Crippen LogP contribution >= 0.6 is 0 Å². The van der Waals surface area contributed by atoms with Gasteiger partial charge < -0.3 is 14.2 Å². The summed E-state index contributed by atoms with van der Waals surface area (Å²) in [4.78, 5) is 0. The molecule has 21 heavy (non-hydrogen) atoms. The van der Waals surface area contributed by atoms with Crippen LogP contribution in [0.4, 0.5) is 0 Å². The van der Waals surface area contributed by atoms with Gasteiger partial charge in [-0.05, 0) is 23.8 Å². The second-order valence-electron chi connectivity index (χ2n) is 4.58. The highest BCUT2D eigenvalue weighted by atomic mass is 32.2. The van der Waals surface area contributed by atoms with E-state index in [0.29, 0.717) is 6.61 Å². The SMILES string of the molecule is COc1ccc(CO[C@H]2C=C[C@@H](OS(C)(=O)=O)CO2)cc1. The summed E-state index contributed by atoms with van der Waals surface area (Å²) in [6.07, 6.45) is 3.17. The van der Waals surface area contributed by atoms with E-state index in [1.54, 1.807) is 19.3 Å². The molecule has 0 radical (unpaired) electrons. The fraction of sp³-hybridized carbons (Fsp3) is 0.429. The predicted molar refractivity (Wildman–Crippen MR) is 76.4 cm³/mol. The van der Waals surface area contributed by atoms with Crippen LogP contribution in [0.5, 0.6) is 5.75 Å². The Kier molecular flexibility index (Phi) is 5.35. The lowest BCUT2D eigenvalue weighted by Gasteiger charge is -2.23. The van der Waals surface area contributed by atoms with Gasteiger partial charge in [0.15, 0.2) is 6.29 Å². The highest BCUT2D eigenvalue weighted by Crippen LogP contribution is 2.15. The Bertz CT molecular complexity index is 578. The summed E-state index contributed by atoms with van der Waals surface area (Å²) in [5.74, 6) is 0.785. The van der Waals surface area contributed by atoms with Crippen LogP contribution in [0.3, 0.4) is 0 Å². The zero-order valence-electron chi connectivity index (χ0n) is 11.9. The van der Waals surface area contributed by atoms with Crippen LogP contribution in [-0.2, 0) is 30.4 Å². The molecule has 0 bridgehead atoms. The fourth-order valence-corrected chi connectivity index (χ4v) is 2.37. The van der Waals surface area contributed by atoms with Crippen LogP contribution in [0.1, 0.15) is 5.56 Å². The molecule has 0 fully saturated rings. The smallest absolute Gasteiger partial charge is 0.265 e. The first kappa shape index (κ1) is 16.0. The Hall–Kier alpha value is -1.41. The second kappa shape index (κ2) is 7.04. The lowest BCUT2D eigenvalue weighted by atomic mass is 10.2. The quantitative estimate of drug-likeness (QED) is 0.585. The molecule has 0 saturated heterocycles. The van der Waals surface area contributed by atoms with E-state index in [9.17, 15) is 8.42 Å². The van der Waals surface area contributed by atoms with Gasteiger partial charge >= 0.3 is 0 Å². The van der Waals surface area contributed by atoms with Crippen molar-refractivity contribution in [3.63, 3.8) is 0 Å². The van der Waals surface area contributed by atoms with E-state index < -0.39 is 22.5 Å². The molecule has 0 saturated carbocycles. The van der Waals surface area contributed by atoms with E-state index >= 15 is 0 Å². The minimum absolute atomic E-state index is 0.136. The molecule has 0 spiro atoms. The number of benzene rings is 1. The van der Waals surface area contributed by atoms with E-state index in [0.717, 1.165) is 17.6 Å². The number of methoxy groups -OCH3 is 1. The zero-order chi connectivity index (χ0) is 15.3. The van der Waals surface area contributed by atoms with Crippen molar-refractivity contribution in [3.8, 4) is 5.75 Å². The number of ether oxygens (including phenoxy) is 3. The van der Waals surface area contributed by atoms with E-state index in [2.05, 4.69) is 0 Å². The minimum Gasteiger partial charge on any atom is -0.497 e. The Balaban J connectivity index is 1.81. The Morgan fingerprint density at radius 3 is 2.48 bits per heavy atom. The summed E-state index contributed by atoms with van der Waals surface area (Å²) in [5.41, 5.74) is 0.988. The van der Waals surface area contributed by atoms with Crippen molar-refractivity contribution in [2.24, 2.45) is 0 Å². The monoisotopic (exact) mass is 314 g/mol. The van der Waals surface area contributed by atoms with Crippen LogP contribution in [0.2, 0.25) is 0 Å². The van der Waals surface area contributed by atoms with Crippen molar-refractivity contribution in [1.29, 1.82) is 0 Å². The van der Waals surface area contributed by atoms with Crippen LogP contribution < -0.4 is 4.74 Å². The molecule has 1 heterocycles. The minimum atomic E-state index is -3.49. The van der Waals surface area contributed by atoms with Crippen molar-refractivity contribution in [2.45, 2.75) is 19.0 Å². The molecule has 0 amide bonds. The Morgan fingerprint density at radius 2 is 1.95 bits per heavy atom. The van der Waals surface area contributed by atoms with Crippen LogP contribution in [0.25, 0.3) is 0 Å². The van der Waals surface area contributed by atoms with Crippen LogP contribution in [0.15, 0.2) is 36.4 Å². The first-order valence-electron chi connectivity index (χ1n) is 6.39. The van der Waals surface area contributed by atoms with Crippen molar-refractivity contribution < 1.29 is 26.8 Å². The first-order valence-corrected chi connectivity index (χ1v) is 8.20. The van der Waals surface area contributed by atoms with Gasteiger partial charge in [0.2, 0.25) is 0 Å². The van der Waals surface area contributed by atoms with Crippen LogP contribution in [-0.4, -0.2) is 40.8 Å². The average Bonchev–Trinajstić information content (AvgIpc) is 2.45. The number of hydrogen-bond acceptors (Lipinski definition) is 6. The molecule has 1 aliphatic rings. The topological polar surface area (TPSA) is 71.1 Å². The molecule has 0 N–H and O–H groups in total. The van der Waals surface area contributed by atoms with Gasteiger partial charge in [-0.25, -0.2) is 0 Å². The van der Waals surface area contributed by atoms with Gasteiger partial charge in [0, 0.05) is 0 Å². The molecule has 2 rings (SSSR count). The third kappa shape index (κ3) is 5.47. The van der Waals surface area contributed by atoms with Crippen molar-refractivity contribution in [1.82, 2.24) is 0 Å². The van der Waals surface area contributed by atoms with E-state index in [4.69, 9.17) is 18.4 Å². The normalized spacial score (nSPS) is 22.2. The number of rotatable bonds is 6. The van der Waals surface area contributed by atoms with Gasteiger partial charge in [-0.2, -0.15) is 8.42 Å². The molecular formula is C14H18O6S. The zero-order valence-corrected chi connectivity index (χ0v) is 12.7. The van der Waals surface area contributed by atoms with Gasteiger partial charge in [0.25, 0.3) is 10.1 Å². The molecule has 1 aromatic rings. The van der Waals surface area contributed by atoms with Crippen LogP contribution in [0, 0.1) is 0 Å². The largest absolute Gasteiger partial charge is 0.497 e. The summed E-state index contributed by atoms with van der Waals surface area (Å²) in [5, 5.41) is 0. The highest BCUT2D eigenvalue weighted by Gasteiger charge is 2.20. The molecule has 0 aliphatic carbocycles. The van der Waals surface area contributed by atoms with Gasteiger partial charge in [0.05, 0.1) is 26.6 Å². The maximum Gasteiger partial charge on any atom is 0.265 e. The molecule has 116 valence electrons. The summed E-state index contributed by atoms with van der Waals surface area (Å²) < 4.78 is 42.8. The third-order valence-corrected chi connectivity index (χ3v) is 3.38. The summed E-state index contributed by atoms with van der Waals surface area (Å²) >= 11 is 0. The molecule has 1 aliphatic heterocycles. The summed E-state index contributed by atoms with van der Waals surface area (Å²) in [7, 11) is -1.87. The van der Waals surface area contributed by atoms with Crippen molar-refractivity contribution in [3.05, 3.63) is 42.0 Å². The van der Waals surface area contributed by atoms with E-state index in [1.807, 2.05) is 24.3 Å². The number of hydrogen-bond donors (Lipinski definition) is 0. The Morgan fingerprint density at radius 1 is 1.24 bits per heavy atom. The van der Waals surface area contributed by atoms with Gasteiger partial charge in [-0.15, -0.1) is 0 Å². The highest BCUT2D eigenvalue weighted by molar-refractivity contribution is 7.86. The lowest BCUT2D eigenvalue weighted by molar-refractivity contribution is -0.136. The van der Waals surface area contributed by atoms with Gasteiger partial charge in [-0.3, -0.25) is 4.18 Å². The molecule has 6 nitrogen and oxygen atoms in total. The standard InChI is InChI=1S/C14H18O6S/c1-17-12-5-3-11(4-6-12)9-18-14-8-7-13(10-19-14)20-21(2,15)16/h3-8,13-14H,9-10H2,1-2H3/t13-,14-/m1/s1. The molecule has 7 heteroatoms. The van der Waals surface area contributed by atoms with Gasteiger partial charge in [0.1, 0.15) is 11.9 Å². The van der Waals surface area contributed by atoms with Crippen molar-refractivity contribution in [2.75, 3.05) is 20.0 Å². The predicted octanol–water partition coefficient (Wildman–Crippen LogP) is 1.47. The third-order valence-electron chi connectivity index (χ3n) is 2.78. The fourth-order valence-electron chi connectivity index (χ4n) is 1.80.